The van der Waals surface area contributed by atoms with Gasteiger partial charge in [-0.3, -0.25) is 0 Å². The van der Waals surface area contributed by atoms with E-state index in [9.17, 15) is 0 Å². The second-order valence-corrected chi connectivity index (χ2v) is 5.78. The van der Waals surface area contributed by atoms with E-state index in [0.717, 1.165) is 5.56 Å². The molecule has 1 N–H and O–H groups in total. The SMILES string of the molecule is Cc1noc(COc2c(Cl)cc(Cl)cc2CNC(C)C)n1. The van der Waals surface area contributed by atoms with Crippen molar-refractivity contribution < 1.29 is 9.26 Å². The van der Waals surface area contributed by atoms with E-state index >= 15 is 0 Å². The average molecular weight is 330 g/mol. The highest BCUT2D eigenvalue weighted by Crippen LogP contribution is 2.33. The molecule has 1 heterocycles. The lowest BCUT2D eigenvalue weighted by atomic mass is 10.2. The lowest BCUT2D eigenvalue weighted by Gasteiger charge is -2.14. The fourth-order valence-corrected chi connectivity index (χ4v) is 2.34. The van der Waals surface area contributed by atoms with Crippen molar-refractivity contribution in [2.45, 2.75) is 40.0 Å². The minimum atomic E-state index is 0.164. The van der Waals surface area contributed by atoms with Crippen LogP contribution in [0.15, 0.2) is 16.7 Å². The summed E-state index contributed by atoms with van der Waals surface area (Å²) in [5, 5.41) is 8.05. The Labute approximate surface area is 133 Å². The average Bonchev–Trinajstić information content (AvgIpc) is 2.80. The molecule has 0 amide bonds. The van der Waals surface area contributed by atoms with E-state index in [0.29, 0.717) is 40.1 Å². The first kappa shape index (κ1) is 16.1. The minimum absolute atomic E-state index is 0.164. The fraction of sp³-hybridized carbons (Fsp3) is 0.429. The summed E-state index contributed by atoms with van der Waals surface area (Å²) in [7, 11) is 0. The maximum absolute atomic E-state index is 6.22. The Morgan fingerprint density at radius 3 is 2.71 bits per heavy atom. The molecule has 2 rings (SSSR count). The van der Waals surface area contributed by atoms with Crippen molar-refractivity contribution in [3.05, 3.63) is 39.5 Å². The number of benzene rings is 1. The van der Waals surface area contributed by atoms with Gasteiger partial charge in [0.05, 0.1) is 5.02 Å². The molecule has 0 unspecified atom stereocenters. The molecular formula is C14H17Cl2N3O2. The maximum atomic E-state index is 6.22. The third-order valence-corrected chi connectivity index (χ3v) is 3.19. The molecule has 0 aliphatic carbocycles. The molecule has 0 aliphatic heterocycles. The van der Waals surface area contributed by atoms with Gasteiger partial charge in [-0.05, 0) is 19.1 Å². The molecule has 2 aromatic rings. The molecule has 114 valence electrons. The summed E-state index contributed by atoms with van der Waals surface area (Å²) >= 11 is 12.3. The smallest absolute Gasteiger partial charge is 0.264 e. The van der Waals surface area contributed by atoms with Gasteiger partial charge in [-0.25, -0.2) is 0 Å². The summed E-state index contributed by atoms with van der Waals surface area (Å²) in [6, 6.07) is 3.82. The van der Waals surface area contributed by atoms with Crippen LogP contribution in [0, 0.1) is 6.92 Å². The molecule has 0 spiro atoms. The number of nitrogens with zero attached hydrogens (tertiary/aromatic N) is 2. The Morgan fingerprint density at radius 2 is 2.10 bits per heavy atom. The van der Waals surface area contributed by atoms with Crippen molar-refractivity contribution >= 4 is 23.2 Å². The Bertz CT molecular complexity index is 614. The van der Waals surface area contributed by atoms with Crippen LogP contribution < -0.4 is 10.1 Å². The molecule has 21 heavy (non-hydrogen) atoms. The predicted molar refractivity (Wildman–Crippen MR) is 81.8 cm³/mol. The van der Waals surface area contributed by atoms with E-state index in [1.165, 1.54) is 0 Å². The molecule has 0 saturated heterocycles. The normalized spacial score (nSPS) is 11.1. The van der Waals surface area contributed by atoms with Gasteiger partial charge in [0.2, 0.25) is 0 Å². The van der Waals surface area contributed by atoms with E-state index in [2.05, 4.69) is 29.3 Å². The summed E-state index contributed by atoms with van der Waals surface area (Å²) in [5.74, 6) is 1.55. The number of halogens is 2. The molecule has 1 aromatic heterocycles. The first-order valence-electron chi connectivity index (χ1n) is 6.59. The minimum Gasteiger partial charge on any atom is -0.482 e. The van der Waals surface area contributed by atoms with Crippen molar-refractivity contribution in [2.24, 2.45) is 0 Å². The summed E-state index contributed by atoms with van der Waals surface area (Å²) < 4.78 is 10.7. The largest absolute Gasteiger partial charge is 0.482 e. The van der Waals surface area contributed by atoms with Gasteiger partial charge in [0.15, 0.2) is 12.4 Å². The lowest BCUT2D eigenvalue weighted by Crippen LogP contribution is -2.22. The van der Waals surface area contributed by atoms with Crippen molar-refractivity contribution in [3.63, 3.8) is 0 Å². The van der Waals surface area contributed by atoms with Gasteiger partial charge in [0.25, 0.3) is 5.89 Å². The predicted octanol–water partition coefficient (Wildman–Crippen LogP) is 3.76. The molecule has 0 fully saturated rings. The summed E-state index contributed by atoms with van der Waals surface area (Å²) in [6.07, 6.45) is 0. The van der Waals surface area contributed by atoms with Crippen LogP contribution in [0.25, 0.3) is 0 Å². The van der Waals surface area contributed by atoms with Gasteiger partial charge in [-0.2, -0.15) is 4.98 Å². The number of hydrogen-bond acceptors (Lipinski definition) is 5. The molecular weight excluding hydrogens is 313 g/mol. The first-order valence-corrected chi connectivity index (χ1v) is 7.34. The van der Waals surface area contributed by atoms with E-state index in [1.54, 1.807) is 13.0 Å². The van der Waals surface area contributed by atoms with Crippen molar-refractivity contribution in [1.29, 1.82) is 0 Å². The number of aromatic nitrogens is 2. The van der Waals surface area contributed by atoms with Crippen LogP contribution in [0.1, 0.15) is 31.1 Å². The molecule has 0 aliphatic rings. The van der Waals surface area contributed by atoms with Crippen LogP contribution >= 0.6 is 23.2 Å². The molecule has 5 nitrogen and oxygen atoms in total. The van der Waals surface area contributed by atoms with Crippen molar-refractivity contribution in [1.82, 2.24) is 15.5 Å². The van der Waals surface area contributed by atoms with Gasteiger partial charge in [-0.1, -0.05) is 42.2 Å². The van der Waals surface area contributed by atoms with Gasteiger partial charge in [0.1, 0.15) is 5.75 Å². The van der Waals surface area contributed by atoms with Crippen LogP contribution in [0.4, 0.5) is 0 Å². The van der Waals surface area contributed by atoms with Crippen LogP contribution in [-0.2, 0) is 13.2 Å². The van der Waals surface area contributed by atoms with E-state index in [4.69, 9.17) is 32.5 Å². The number of ether oxygens (including phenoxy) is 1. The molecule has 0 saturated carbocycles. The zero-order valence-electron chi connectivity index (χ0n) is 12.1. The lowest BCUT2D eigenvalue weighted by molar-refractivity contribution is 0.240. The molecule has 0 radical (unpaired) electrons. The van der Waals surface area contributed by atoms with Gasteiger partial charge < -0.3 is 14.6 Å². The highest BCUT2D eigenvalue weighted by atomic mass is 35.5. The second kappa shape index (κ2) is 7.11. The summed E-state index contributed by atoms with van der Waals surface area (Å²) in [4.78, 5) is 4.09. The quantitative estimate of drug-likeness (QED) is 0.874. The maximum Gasteiger partial charge on any atom is 0.264 e. The molecule has 0 atom stereocenters. The standard InChI is InChI=1S/C14H17Cl2N3O2/c1-8(2)17-6-10-4-11(15)5-12(16)14(10)20-7-13-18-9(3)19-21-13/h4-5,8,17H,6-7H2,1-3H3. The highest BCUT2D eigenvalue weighted by Gasteiger charge is 2.13. The van der Waals surface area contributed by atoms with Crippen molar-refractivity contribution in [2.75, 3.05) is 0 Å². The van der Waals surface area contributed by atoms with Gasteiger partial charge in [-0.15, -0.1) is 0 Å². The van der Waals surface area contributed by atoms with E-state index in [1.807, 2.05) is 6.07 Å². The second-order valence-electron chi connectivity index (χ2n) is 4.94. The monoisotopic (exact) mass is 329 g/mol. The fourth-order valence-electron chi connectivity index (χ4n) is 1.75. The van der Waals surface area contributed by atoms with Crippen molar-refractivity contribution in [3.8, 4) is 5.75 Å². The third kappa shape index (κ3) is 4.59. The molecule has 0 bridgehead atoms. The zero-order chi connectivity index (χ0) is 15.4. The van der Waals surface area contributed by atoms with Crippen LogP contribution in [0.5, 0.6) is 5.75 Å². The van der Waals surface area contributed by atoms with E-state index < -0.39 is 0 Å². The number of rotatable bonds is 6. The number of aryl methyl sites for hydroxylation is 1. The topological polar surface area (TPSA) is 60.2 Å². The third-order valence-electron chi connectivity index (χ3n) is 2.70. The Kier molecular flexibility index (Phi) is 5.45. The zero-order valence-corrected chi connectivity index (χ0v) is 13.6. The van der Waals surface area contributed by atoms with Crippen LogP contribution in [0.3, 0.4) is 0 Å². The Balaban J connectivity index is 2.15. The highest BCUT2D eigenvalue weighted by molar-refractivity contribution is 6.35. The Hall–Kier alpha value is -1.30. The van der Waals surface area contributed by atoms with Gasteiger partial charge >= 0.3 is 0 Å². The van der Waals surface area contributed by atoms with E-state index in [-0.39, 0.29) is 6.61 Å². The van der Waals surface area contributed by atoms with Crippen LogP contribution in [0.2, 0.25) is 10.0 Å². The molecule has 1 aromatic carbocycles. The number of hydrogen-bond donors (Lipinski definition) is 1. The summed E-state index contributed by atoms with van der Waals surface area (Å²) in [5.41, 5.74) is 0.887. The first-order chi connectivity index (χ1) is 9.95. The summed E-state index contributed by atoms with van der Waals surface area (Å²) in [6.45, 7) is 6.65. The number of nitrogens with one attached hydrogen (secondary N) is 1. The molecule has 7 heteroatoms. The van der Waals surface area contributed by atoms with Crippen LogP contribution in [-0.4, -0.2) is 16.2 Å². The van der Waals surface area contributed by atoms with Gasteiger partial charge in [0, 0.05) is 23.2 Å². The Morgan fingerprint density at radius 1 is 1.33 bits per heavy atom.